The Morgan fingerprint density at radius 2 is 2.31 bits per heavy atom. The third-order valence-corrected chi connectivity index (χ3v) is 3.82. The Balaban J connectivity index is 2.48. The van der Waals surface area contributed by atoms with Gasteiger partial charge in [0.2, 0.25) is 0 Å². The average molecular weight is 195 g/mol. The summed E-state index contributed by atoms with van der Waals surface area (Å²) >= 11 is 0. The molecule has 0 aliphatic carbocycles. The molecule has 0 bridgehead atoms. The molecule has 1 unspecified atom stereocenters. The summed E-state index contributed by atoms with van der Waals surface area (Å²) in [5.41, 5.74) is 3.61. The van der Waals surface area contributed by atoms with Crippen LogP contribution in [-0.2, 0) is 16.7 Å². The molecule has 0 saturated carbocycles. The smallest absolute Gasteiger partial charge is 0.124 e. The first kappa shape index (κ1) is 8.75. The van der Waals surface area contributed by atoms with Crippen LogP contribution in [0.3, 0.4) is 0 Å². The Morgan fingerprint density at radius 1 is 1.54 bits per heavy atom. The summed E-state index contributed by atoms with van der Waals surface area (Å²) in [5.74, 6) is 0.685. The van der Waals surface area contributed by atoms with Gasteiger partial charge in [-0.25, -0.2) is 4.21 Å². The molecule has 70 valence electrons. The number of benzene rings is 1. The predicted octanol–water partition coefficient (Wildman–Crippen LogP) is 2.00. The lowest BCUT2D eigenvalue weighted by Crippen LogP contribution is -2.20. The second-order valence-electron chi connectivity index (χ2n) is 3.29. The van der Waals surface area contributed by atoms with Gasteiger partial charge in [-0.2, -0.15) is 0 Å². The van der Waals surface area contributed by atoms with Crippen LogP contribution in [0.2, 0.25) is 0 Å². The van der Waals surface area contributed by atoms with Crippen molar-refractivity contribution in [1.82, 2.24) is 0 Å². The van der Waals surface area contributed by atoms with E-state index in [0.29, 0.717) is 5.75 Å². The van der Waals surface area contributed by atoms with Gasteiger partial charge in [-0.3, -0.25) is 4.31 Å². The van der Waals surface area contributed by atoms with Gasteiger partial charge >= 0.3 is 0 Å². The van der Waals surface area contributed by atoms with E-state index in [4.69, 9.17) is 0 Å². The van der Waals surface area contributed by atoms with Crippen molar-refractivity contribution < 1.29 is 4.21 Å². The zero-order chi connectivity index (χ0) is 9.42. The van der Waals surface area contributed by atoms with E-state index in [1.807, 2.05) is 11.2 Å². The number of anilines is 1. The molecule has 0 aromatic heterocycles. The van der Waals surface area contributed by atoms with Gasteiger partial charge in [-0.1, -0.05) is 17.7 Å². The molecule has 3 heteroatoms. The van der Waals surface area contributed by atoms with E-state index < -0.39 is 11.0 Å². The second-order valence-corrected chi connectivity index (χ2v) is 4.67. The van der Waals surface area contributed by atoms with Gasteiger partial charge < -0.3 is 0 Å². The zero-order valence-corrected chi connectivity index (χ0v) is 8.73. The number of hydrogen-bond acceptors (Lipinski definition) is 1. The average Bonchev–Trinajstić information content (AvgIpc) is 2.39. The molecule has 0 spiro atoms. The number of nitrogens with zero attached hydrogens (tertiary/aromatic N) is 1. The SMILES string of the molecule is CCN1c2ccc(C)cc2CS1=O. The van der Waals surface area contributed by atoms with E-state index in [2.05, 4.69) is 25.1 Å². The van der Waals surface area contributed by atoms with Crippen LogP contribution in [-0.4, -0.2) is 10.8 Å². The molecule has 0 radical (unpaired) electrons. The summed E-state index contributed by atoms with van der Waals surface area (Å²) in [6.45, 7) is 4.92. The summed E-state index contributed by atoms with van der Waals surface area (Å²) in [6.07, 6.45) is 0. The van der Waals surface area contributed by atoms with Crippen molar-refractivity contribution >= 4 is 16.7 Å². The van der Waals surface area contributed by atoms with Crippen LogP contribution in [0.25, 0.3) is 0 Å². The standard InChI is InChI=1S/C10H13NOS/c1-3-11-10-5-4-8(2)6-9(10)7-13(11)12/h4-6H,3,7H2,1-2H3. The monoisotopic (exact) mass is 195 g/mol. The Labute approximate surface area is 81.2 Å². The quantitative estimate of drug-likeness (QED) is 0.671. The van der Waals surface area contributed by atoms with E-state index in [9.17, 15) is 4.21 Å². The van der Waals surface area contributed by atoms with Crippen LogP contribution in [0.15, 0.2) is 18.2 Å². The Bertz CT molecular complexity index is 362. The van der Waals surface area contributed by atoms with Crippen LogP contribution < -0.4 is 4.31 Å². The van der Waals surface area contributed by atoms with Crippen LogP contribution in [0, 0.1) is 6.92 Å². The van der Waals surface area contributed by atoms with Crippen molar-refractivity contribution in [2.75, 3.05) is 10.8 Å². The van der Waals surface area contributed by atoms with Crippen molar-refractivity contribution in [2.24, 2.45) is 0 Å². The van der Waals surface area contributed by atoms with Gasteiger partial charge in [0.15, 0.2) is 0 Å². The molecular weight excluding hydrogens is 182 g/mol. The number of fused-ring (bicyclic) bond motifs is 1. The second kappa shape index (κ2) is 3.14. The zero-order valence-electron chi connectivity index (χ0n) is 7.91. The molecule has 0 saturated heterocycles. The maximum atomic E-state index is 11.6. The summed E-state index contributed by atoms with van der Waals surface area (Å²) in [7, 11) is -0.832. The molecule has 1 aliphatic rings. The lowest BCUT2D eigenvalue weighted by Gasteiger charge is -2.14. The number of rotatable bonds is 1. The Hall–Kier alpha value is -0.830. The molecule has 1 aromatic carbocycles. The first-order valence-electron chi connectivity index (χ1n) is 4.48. The molecule has 2 nitrogen and oxygen atoms in total. The van der Waals surface area contributed by atoms with Crippen molar-refractivity contribution in [3.8, 4) is 0 Å². The number of aryl methyl sites for hydroxylation is 1. The highest BCUT2D eigenvalue weighted by Crippen LogP contribution is 2.31. The maximum Gasteiger partial charge on any atom is 0.124 e. The minimum absolute atomic E-state index is 0.685. The fourth-order valence-electron chi connectivity index (χ4n) is 1.71. The van der Waals surface area contributed by atoms with Crippen molar-refractivity contribution in [3.63, 3.8) is 0 Å². The highest BCUT2D eigenvalue weighted by Gasteiger charge is 2.24. The molecule has 0 amide bonds. The van der Waals surface area contributed by atoms with Gasteiger partial charge in [0.1, 0.15) is 11.0 Å². The van der Waals surface area contributed by atoms with Crippen LogP contribution in [0.5, 0.6) is 0 Å². The topological polar surface area (TPSA) is 20.3 Å². The molecule has 1 aromatic rings. The summed E-state index contributed by atoms with van der Waals surface area (Å²) in [5, 5.41) is 0. The first-order valence-corrected chi connectivity index (χ1v) is 5.75. The van der Waals surface area contributed by atoms with Crippen LogP contribution in [0.4, 0.5) is 5.69 Å². The summed E-state index contributed by atoms with van der Waals surface area (Å²) in [6, 6.07) is 6.27. The fourth-order valence-corrected chi connectivity index (χ4v) is 3.05. The summed E-state index contributed by atoms with van der Waals surface area (Å²) in [4.78, 5) is 0. The van der Waals surface area contributed by atoms with Crippen molar-refractivity contribution in [2.45, 2.75) is 19.6 Å². The molecule has 0 fully saturated rings. The van der Waals surface area contributed by atoms with Gasteiger partial charge in [0.25, 0.3) is 0 Å². The van der Waals surface area contributed by atoms with Gasteiger partial charge in [0.05, 0.1) is 11.4 Å². The third kappa shape index (κ3) is 1.37. The van der Waals surface area contributed by atoms with E-state index in [1.54, 1.807) is 0 Å². The lowest BCUT2D eigenvalue weighted by atomic mass is 10.1. The maximum absolute atomic E-state index is 11.6. The molecule has 1 atom stereocenters. The largest absolute Gasteiger partial charge is 0.291 e. The highest BCUT2D eigenvalue weighted by atomic mass is 32.2. The normalized spacial score (nSPS) is 20.5. The van der Waals surface area contributed by atoms with E-state index in [-0.39, 0.29) is 0 Å². The summed E-state index contributed by atoms with van der Waals surface area (Å²) < 4.78 is 13.6. The van der Waals surface area contributed by atoms with E-state index >= 15 is 0 Å². The van der Waals surface area contributed by atoms with Crippen molar-refractivity contribution in [1.29, 1.82) is 0 Å². The molecular formula is C10H13NOS. The molecule has 0 N–H and O–H groups in total. The van der Waals surface area contributed by atoms with Gasteiger partial charge in [-0.15, -0.1) is 0 Å². The van der Waals surface area contributed by atoms with E-state index in [1.165, 1.54) is 11.1 Å². The Kier molecular flexibility index (Phi) is 2.12. The van der Waals surface area contributed by atoms with Crippen molar-refractivity contribution in [3.05, 3.63) is 29.3 Å². The first-order chi connectivity index (χ1) is 6.22. The fraction of sp³-hybridized carbons (Fsp3) is 0.400. The molecule has 1 heterocycles. The van der Waals surface area contributed by atoms with Gasteiger partial charge in [-0.05, 0) is 25.5 Å². The van der Waals surface area contributed by atoms with Crippen LogP contribution in [0.1, 0.15) is 18.1 Å². The minimum atomic E-state index is -0.832. The Morgan fingerprint density at radius 3 is 3.00 bits per heavy atom. The number of hydrogen-bond donors (Lipinski definition) is 0. The van der Waals surface area contributed by atoms with Crippen LogP contribution >= 0.6 is 0 Å². The van der Waals surface area contributed by atoms with E-state index in [0.717, 1.165) is 12.2 Å². The minimum Gasteiger partial charge on any atom is -0.291 e. The molecule has 2 rings (SSSR count). The molecule has 1 aliphatic heterocycles. The molecule has 13 heavy (non-hydrogen) atoms. The predicted molar refractivity (Wildman–Crippen MR) is 56.0 cm³/mol. The lowest BCUT2D eigenvalue weighted by molar-refractivity contribution is 0.682. The van der Waals surface area contributed by atoms with Gasteiger partial charge in [0, 0.05) is 6.54 Å². The third-order valence-electron chi connectivity index (χ3n) is 2.32. The highest BCUT2D eigenvalue weighted by molar-refractivity contribution is 7.86.